The Balaban J connectivity index is 2.22. The fourth-order valence-corrected chi connectivity index (χ4v) is 2.19. The van der Waals surface area contributed by atoms with Gasteiger partial charge in [0, 0.05) is 5.75 Å². The van der Waals surface area contributed by atoms with Gasteiger partial charge < -0.3 is 5.32 Å². The second kappa shape index (κ2) is 4.37. The lowest BCUT2D eigenvalue weighted by Gasteiger charge is -2.06. The Hall–Kier alpha value is -1.17. The highest BCUT2D eigenvalue weighted by Crippen LogP contribution is 2.24. The van der Waals surface area contributed by atoms with Crippen LogP contribution in [0.4, 0.5) is 18.9 Å². The molecule has 0 bridgehead atoms. The summed E-state index contributed by atoms with van der Waals surface area (Å²) in [4.78, 5) is 4.16. The van der Waals surface area contributed by atoms with Gasteiger partial charge in [0.05, 0.1) is 11.7 Å². The Morgan fingerprint density at radius 2 is 2.06 bits per heavy atom. The third-order valence-corrected chi connectivity index (χ3v) is 3.21. The van der Waals surface area contributed by atoms with Gasteiger partial charge in [0.2, 0.25) is 0 Å². The molecule has 1 heterocycles. The summed E-state index contributed by atoms with van der Waals surface area (Å²) in [6.45, 7) is 1.92. The molecule has 0 saturated heterocycles. The summed E-state index contributed by atoms with van der Waals surface area (Å²) in [5, 5.41) is 3.16. The van der Waals surface area contributed by atoms with Crippen molar-refractivity contribution in [3.05, 3.63) is 29.6 Å². The van der Waals surface area contributed by atoms with Crippen LogP contribution in [0.2, 0.25) is 0 Å². The monoisotopic (exact) mass is 246 g/mol. The van der Waals surface area contributed by atoms with Gasteiger partial charge in [-0.3, -0.25) is 4.99 Å². The minimum Gasteiger partial charge on any atom is -0.332 e. The smallest absolute Gasteiger partial charge is 0.196 e. The minimum absolute atomic E-state index is 0.0979. The van der Waals surface area contributed by atoms with Crippen LogP contribution in [0.5, 0.6) is 0 Å². The lowest BCUT2D eigenvalue weighted by molar-refractivity contribution is 0.449. The first-order valence-electron chi connectivity index (χ1n) is 4.69. The summed E-state index contributed by atoms with van der Waals surface area (Å²) in [7, 11) is 0. The van der Waals surface area contributed by atoms with Gasteiger partial charge in [-0.1, -0.05) is 11.8 Å². The van der Waals surface area contributed by atoms with E-state index in [0.29, 0.717) is 5.17 Å². The van der Waals surface area contributed by atoms with E-state index in [9.17, 15) is 13.2 Å². The molecule has 0 amide bonds. The molecule has 0 fully saturated rings. The zero-order valence-electron chi connectivity index (χ0n) is 8.43. The number of aliphatic imine (C=N–C) groups is 1. The number of halogens is 3. The third kappa shape index (κ3) is 2.16. The van der Waals surface area contributed by atoms with Crippen molar-refractivity contribution < 1.29 is 13.2 Å². The second-order valence-corrected chi connectivity index (χ2v) is 4.45. The maximum absolute atomic E-state index is 13.3. The van der Waals surface area contributed by atoms with Crippen LogP contribution >= 0.6 is 11.8 Å². The van der Waals surface area contributed by atoms with Crippen LogP contribution in [0.1, 0.15) is 6.92 Å². The average Bonchev–Trinajstić information content (AvgIpc) is 2.65. The van der Waals surface area contributed by atoms with E-state index in [1.807, 2.05) is 6.92 Å². The Morgan fingerprint density at radius 1 is 1.31 bits per heavy atom. The third-order valence-electron chi connectivity index (χ3n) is 2.08. The Bertz CT molecular complexity index is 448. The van der Waals surface area contributed by atoms with Crippen molar-refractivity contribution in [3.63, 3.8) is 0 Å². The molecule has 0 aromatic heterocycles. The summed E-state index contributed by atoms with van der Waals surface area (Å²) < 4.78 is 38.8. The van der Waals surface area contributed by atoms with Gasteiger partial charge in [-0.2, -0.15) is 0 Å². The van der Waals surface area contributed by atoms with Crippen LogP contribution in [0.3, 0.4) is 0 Å². The molecule has 86 valence electrons. The molecule has 0 spiro atoms. The van der Waals surface area contributed by atoms with Crippen LogP contribution in [0.15, 0.2) is 17.1 Å². The van der Waals surface area contributed by atoms with Crippen molar-refractivity contribution in [1.29, 1.82) is 0 Å². The molecule has 1 aromatic carbocycles. The number of hydrogen-bond donors (Lipinski definition) is 1. The van der Waals surface area contributed by atoms with Crippen molar-refractivity contribution in [2.24, 2.45) is 4.99 Å². The highest BCUT2D eigenvalue weighted by atomic mass is 32.2. The summed E-state index contributed by atoms with van der Waals surface area (Å²) in [5.41, 5.74) is -0.0979. The van der Waals surface area contributed by atoms with Gasteiger partial charge >= 0.3 is 0 Å². The van der Waals surface area contributed by atoms with E-state index in [-0.39, 0.29) is 11.7 Å². The van der Waals surface area contributed by atoms with E-state index in [1.54, 1.807) is 0 Å². The van der Waals surface area contributed by atoms with Crippen LogP contribution in [-0.4, -0.2) is 17.0 Å². The quantitative estimate of drug-likeness (QED) is 0.770. The molecule has 2 rings (SSSR count). The van der Waals surface area contributed by atoms with Crippen LogP contribution < -0.4 is 5.32 Å². The molecule has 1 aliphatic heterocycles. The SMILES string of the molecule is CC1CSC(Nc2ccc(F)c(F)c2F)=N1. The van der Waals surface area contributed by atoms with E-state index in [0.717, 1.165) is 17.9 Å². The molecule has 1 unspecified atom stereocenters. The molecule has 1 atom stereocenters. The standard InChI is InChI=1S/C10H9F3N2S/c1-5-4-16-10(14-5)15-7-3-2-6(11)8(12)9(7)13/h2-3,5H,4H2,1H3,(H,14,15). The zero-order chi connectivity index (χ0) is 11.7. The molecule has 16 heavy (non-hydrogen) atoms. The number of hydrogen-bond acceptors (Lipinski definition) is 3. The second-order valence-electron chi connectivity index (χ2n) is 3.44. The topological polar surface area (TPSA) is 24.4 Å². The van der Waals surface area contributed by atoms with Gasteiger partial charge in [0.25, 0.3) is 0 Å². The number of thioether (sulfide) groups is 1. The van der Waals surface area contributed by atoms with Crippen molar-refractivity contribution >= 4 is 22.6 Å². The number of nitrogens with zero attached hydrogens (tertiary/aromatic N) is 1. The molecule has 1 aliphatic rings. The number of benzene rings is 1. The van der Waals surface area contributed by atoms with Crippen LogP contribution in [-0.2, 0) is 0 Å². The molecule has 0 radical (unpaired) electrons. The summed E-state index contributed by atoms with van der Waals surface area (Å²) in [6, 6.07) is 2.19. The molecular weight excluding hydrogens is 237 g/mol. The van der Waals surface area contributed by atoms with Gasteiger partial charge in [-0.05, 0) is 19.1 Å². The normalized spacial score (nSPS) is 19.8. The maximum atomic E-state index is 13.3. The van der Waals surface area contributed by atoms with Gasteiger partial charge in [-0.25, -0.2) is 13.2 Å². The summed E-state index contributed by atoms with van der Waals surface area (Å²) >= 11 is 1.42. The molecule has 2 nitrogen and oxygen atoms in total. The first-order valence-corrected chi connectivity index (χ1v) is 5.67. The molecule has 6 heteroatoms. The molecule has 1 N–H and O–H groups in total. The molecular formula is C10H9F3N2S. The lowest BCUT2D eigenvalue weighted by Crippen LogP contribution is -2.08. The predicted molar refractivity (Wildman–Crippen MR) is 59.3 cm³/mol. The van der Waals surface area contributed by atoms with E-state index in [1.165, 1.54) is 11.8 Å². The minimum atomic E-state index is -1.47. The molecule has 1 aromatic rings. The summed E-state index contributed by atoms with van der Waals surface area (Å²) in [6.07, 6.45) is 0. The molecule has 0 saturated carbocycles. The van der Waals surface area contributed by atoms with E-state index < -0.39 is 17.5 Å². The Labute approximate surface area is 95.0 Å². The van der Waals surface area contributed by atoms with Crippen molar-refractivity contribution in [2.75, 3.05) is 11.1 Å². The fraction of sp³-hybridized carbons (Fsp3) is 0.300. The van der Waals surface area contributed by atoms with E-state index >= 15 is 0 Å². The van der Waals surface area contributed by atoms with E-state index in [4.69, 9.17) is 0 Å². The van der Waals surface area contributed by atoms with Gasteiger partial charge in [0.15, 0.2) is 22.6 Å². The summed E-state index contributed by atoms with van der Waals surface area (Å²) in [5.74, 6) is -3.09. The van der Waals surface area contributed by atoms with Gasteiger partial charge in [0.1, 0.15) is 0 Å². The number of anilines is 1. The highest BCUT2D eigenvalue weighted by molar-refractivity contribution is 8.14. The molecule has 0 aliphatic carbocycles. The van der Waals surface area contributed by atoms with Gasteiger partial charge in [-0.15, -0.1) is 0 Å². The first kappa shape index (κ1) is 11.3. The first-order chi connectivity index (χ1) is 7.58. The number of rotatable bonds is 1. The zero-order valence-corrected chi connectivity index (χ0v) is 9.25. The van der Waals surface area contributed by atoms with Crippen molar-refractivity contribution in [2.45, 2.75) is 13.0 Å². The van der Waals surface area contributed by atoms with Crippen molar-refractivity contribution in [3.8, 4) is 0 Å². The largest absolute Gasteiger partial charge is 0.332 e. The predicted octanol–water partition coefficient (Wildman–Crippen LogP) is 3.01. The van der Waals surface area contributed by atoms with E-state index in [2.05, 4.69) is 10.3 Å². The number of amidine groups is 1. The highest BCUT2D eigenvalue weighted by Gasteiger charge is 2.18. The maximum Gasteiger partial charge on any atom is 0.196 e. The average molecular weight is 246 g/mol. The van der Waals surface area contributed by atoms with Crippen LogP contribution in [0, 0.1) is 17.5 Å². The Kier molecular flexibility index (Phi) is 3.09. The lowest BCUT2D eigenvalue weighted by atomic mass is 10.3. The van der Waals surface area contributed by atoms with Crippen LogP contribution in [0.25, 0.3) is 0 Å². The Morgan fingerprint density at radius 3 is 2.69 bits per heavy atom. The number of nitrogens with one attached hydrogen (secondary N) is 1. The van der Waals surface area contributed by atoms with Crippen molar-refractivity contribution in [1.82, 2.24) is 0 Å². The fourth-order valence-electron chi connectivity index (χ4n) is 1.28.